The Morgan fingerprint density at radius 2 is 1.64 bits per heavy atom. The SMILES string of the molecule is Nc1ccc(OC2CC2C2CCC(C3OI3Cc3ccc(I)cc3)CC2)cc1. The maximum atomic E-state index is 6.23. The minimum atomic E-state index is -1.16. The Morgan fingerprint density at radius 1 is 0.964 bits per heavy atom. The molecule has 5 rings (SSSR count). The van der Waals surface area contributed by atoms with E-state index in [9.17, 15) is 0 Å². The first-order chi connectivity index (χ1) is 13.7. The number of alkyl halides is 2. The molecule has 0 bridgehead atoms. The van der Waals surface area contributed by atoms with Crippen molar-refractivity contribution in [3.05, 3.63) is 57.7 Å². The Morgan fingerprint density at radius 3 is 2.36 bits per heavy atom. The van der Waals surface area contributed by atoms with Crippen LogP contribution in [0.1, 0.15) is 37.7 Å². The summed E-state index contributed by atoms with van der Waals surface area (Å²) in [5, 5.41) is 0. The number of benzene rings is 2. The molecule has 2 saturated carbocycles. The van der Waals surface area contributed by atoms with Gasteiger partial charge in [-0.05, 0) is 0 Å². The van der Waals surface area contributed by atoms with E-state index in [-0.39, 0.29) is 0 Å². The van der Waals surface area contributed by atoms with E-state index in [1.165, 1.54) is 45.7 Å². The molecule has 1 aliphatic heterocycles. The Hall–Kier alpha value is -0.540. The van der Waals surface area contributed by atoms with E-state index >= 15 is 0 Å². The quantitative estimate of drug-likeness (QED) is 0.180. The Labute approximate surface area is 188 Å². The van der Waals surface area contributed by atoms with Crippen molar-refractivity contribution in [3.63, 3.8) is 0 Å². The fraction of sp³-hybridized carbons (Fsp3) is 0.478. The van der Waals surface area contributed by atoms with Crippen LogP contribution in [-0.4, -0.2) is 10.2 Å². The predicted molar refractivity (Wildman–Crippen MR) is 131 cm³/mol. The average Bonchev–Trinajstić information content (AvgIpc) is 3.62. The summed E-state index contributed by atoms with van der Waals surface area (Å²) < 4.78 is 15.6. The molecular weight excluding hydrogens is 576 g/mol. The maximum absolute atomic E-state index is 6.23. The molecule has 2 aliphatic carbocycles. The van der Waals surface area contributed by atoms with Crippen LogP contribution in [0.25, 0.3) is 0 Å². The van der Waals surface area contributed by atoms with Crippen LogP contribution in [-0.2, 0) is 7.49 Å². The predicted octanol–water partition coefficient (Wildman–Crippen LogP) is 6.43. The van der Waals surface area contributed by atoms with Gasteiger partial charge in [0.2, 0.25) is 0 Å². The Balaban J connectivity index is 1.05. The van der Waals surface area contributed by atoms with Gasteiger partial charge in [0.25, 0.3) is 0 Å². The van der Waals surface area contributed by atoms with Crippen LogP contribution >= 0.6 is 42.8 Å². The zero-order valence-corrected chi connectivity index (χ0v) is 20.2. The zero-order valence-electron chi connectivity index (χ0n) is 15.9. The van der Waals surface area contributed by atoms with Crippen LogP contribution in [0.15, 0.2) is 48.5 Å². The number of halogens is 2. The van der Waals surface area contributed by atoms with E-state index in [1.54, 1.807) is 0 Å². The summed E-state index contributed by atoms with van der Waals surface area (Å²) in [6.45, 7) is 0. The van der Waals surface area contributed by atoms with E-state index in [2.05, 4.69) is 46.9 Å². The number of nitrogens with two attached hydrogens (primary N) is 1. The molecule has 3 atom stereocenters. The van der Waals surface area contributed by atoms with Gasteiger partial charge in [-0.1, -0.05) is 0 Å². The van der Waals surface area contributed by atoms with Crippen LogP contribution in [0.3, 0.4) is 0 Å². The number of hydrogen-bond acceptors (Lipinski definition) is 3. The van der Waals surface area contributed by atoms with Gasteiger partial charge in [0, 0.05) is 0 Å². The fourth-order valence-electron chi connectivity index (χ4n) is 4.57. The summed E-state index contributed by atoms with van der Waals surface area (Å²) >= 11 is 1.21. The molecule has 5 heteroatoms. The summed E-state index contributed by atoms with van der Waals surface area (Å²) in [4.78, 5) is 0. The van der Waals surface area contributed by atoms with Crippen LogP contribution in [0.4, 0.5) is 5.69 Å². The minimum absolute atomic E-state index is 0.423. The van der Waals surface area contributed by atoms with E-state index in [1.807, 2.05) is 24.3 Å². The third-order valence-electron chi connectivity index (χ3n) is 6.35. The zero-order chi connectivity index (χ0) is 19.1. The monoisotopic (exact) mass is 603 g/mol. The standard InChI is InChI=1S/C23H27I2NO2/c24-18-7-1-15(2-8-18)14-25-23(28-25)17-5-3-16(4-6-17)21-13-22(21)27-20-11-9-19(26)10-12-20/h1-2,7-12,16-17,21-23H,3-6,13-14,26H2. The first-order valence-corrected chi connectivity index (χ1v) is 15.0. The van der Waals surface area contributed by atoms with Gasteiger partial charge in [-0.2, -0.15) is 0 Å². The van der Waals surface area contributed by atoms with Crippen molar-refractivity contribution < 1.29 is 7.80 Å². The van der Waals surface area contributed by atoms with Crippen LogP contribution in [0.5, 0.6) is 5.75 Å². The number of anilines is 1. The van der Waals surface area contributed by atoms with Gasteiger partial charge in [-0.25, -0.2) is 0 Å². The molecule has 0 spiro atoms. The third-order valence-corrected chi connectivity index (χ3v) is 12.0. The van der Waals surface area contributed by atoms with Crippen LogP contribution < -0.4 is 10.5 Å². The third kappa shape index (κ3) is 4.61. The normalized spacial score (nSPS) is 32.8. The van der Waals surface area contributed by atoms with Gasteiger partial charge in [0.1, 0.15) is 0 Å². The summed E-state index contributed by atoms with van der Waals surface area (Å²) in [5.41, 5.74) is 8.03. The van der Waals surface area contributed by atoms with Gasteiger partial charge in [-0.3, -0.25) is 0 Å². The summed E-state index contributed by atoms with van der Waals surface area (Å²) in [6, 6.07) is 16.8. The van der Waals surface area contributed by atoms with Gasteiger partial charge < -0.3 is 5.73 Å². The van der Waals surface area contributed by atoms with Crippen molar-refractivity contribution in [2.45, 2.75) is 46.7 Å². The summed E-state index contributed by atoms with van der Waals surface area (Å²) in [5.74, 6) is 3.42. The molecule has 28 heavy (non-hydrogen) atoms. The molecule has 2 aromatic rings. The van der Waals surface area contributed by atoms with E-state index in [0.717, 1.165) is 29.2 Å². The van der Waals surface area contributed by atoms with Gasteiger partial charge in [0.15, 0.2) is 0 Å². The molecule has 0 aromatic heterocycles. The average molecular weight is 603 g/mol. The Kier molecular flexibility index (Phi) is 5.76. The van der Waals surface area contributed by atoms with E-state index in [0.29, 0.717) is 10.2 Å². The first kappa shape index (κ1) is 19.4. The second-order valence-corrected chi connectivity index (χ2v) is 14.1. The molecule has 3 fully saturated rings. The second kappa shape index (κ2) is 8.30. The molecule has 1 saturated heterocycles. The number of hydrogen-bond donors (Lipinski definition) is 1. The molecule has 0 amide bonds. The number of rotatable bonds is 6. The topological polar surface area (TPSA) is 47.8 Å². The van der Waals surface area contributed by atoms with Crippen molar-refractivity contribution in [2.75, 3.05) is 5.73 Å². The van der Waals surface area contributed by atoms with Gasteiger partial charge in [0.05, 0.1) is 0 Å². The molecule has 1 heterocycles. The molecule has 2 aromatic carbocycles. The van der Waals surface area contributed by atoms with E-state index < -0.39 is 20.2 Å². The van der Waals surface area contributed by atoms with Crippen molar-refractivity contribution in [2.24, 2.45) is 17.8 Å². The van der Waals surface area contributed by atoms with Crippen molar-refractivity contribution in [1.29, 1.82) is 0 Å². The van der Waals surface area contributed by atoms with Crippen molar-refractivity contribution in [1.82, 2.24) is 0 Å². The van der Waals surface area contributed by atoms with Gasteiger partial charge >= 0.3 is 184 Å². The fourth-order valence-corrected chi connectivity index (χ4v) is 10.6. The Bertz CT molecular complexity index is 733. The molecule has 150 valence electrons. The summed E-state index contributed by atoms with van der Waals surface area (Å²) in [7, 11) is 0. The first-order valence-electron chi connectivity index (χ1n) is 10.2. The van der Waals surface area contributed by atoms with E-state index in [4.69, 9.17) is 13.5 Å². The van der Waals surface area contributed by atoms with Crippen molar-refractivity contribution in [3.8, 4) is 5.75 Å². The number of ether oxygens (including phenoxy) is 1. The van der Waals surface area contributed by atoms with Crippen molar-refractivity contribution >= 4 is 48.5 Å². The molecule has 3 aliphatic rings. The molecular formula is C23H27I2NO2. The van der Waals surface area contributed by atoms with Crippen LogP contribution in [0, 0.1) is 21.3 Å². The molecule has 0 radical (unpaired) electrons. The molecule has 3 nitrogen and oxygen atoms in total. The van der Waals surface area contributed by atoms with Gasteiger partial charge in [-0.15, -0.1) is 0 Å². The number of nitrogen functional groups attached to an aromatic ring is 1. The van der Waals surface area contributed by atoms with Crippen LogP contribution in [0.2, 0.25) is 0 Å². The molecule has 2 N–H and O–H groups in total. The second-order valence-electron chi connectivity index (χ2n) is 8.35. The molecule has 3 unspecified atom stereocenters. The summed E-state index contributed by atoms with van der Waals surface area (Å²) in [6.07, 6.45) is 7.11.